The summed E-state index contributed by atoms with van der Waals surface area (Å²) >= 11 is 0. The number of hydrogen-bond acceptors (Lipinski definition) is 3. The lowest BCUT2D eigenvalue weighted by molar-refractivity contribution is -0.299. The number of aliphatic carboxylic acids is 1. The first kappa shape index (κ1) is 12.4. The molecule has 0 N–H and O–H groups in total. The van der Waals surface area contributed by atoms with E-state index in [9.17, 15) is 14.7 Å². The van der Waals surface area contributed by atoms with Crippen LogP contribution in [0.4, 0.5) is 0 Å². The molecule has 1 aliphatic rings. The number of carbonyl (C=O) groups is 2. The van der Waals surface area contributed by atoms with Crippen molar-refractivity contribution in [3.8, 4) is 11.1 Å². The highest BCUT2D eigenvalue weighted by Gasteiger charge is 2.28. The van der Waals surface area contributed by atoms with E-state index in [1.54, 1.807) is 24.3 Å². The molecule has 98 valence electrons. The van der Waals surface area contributed by atoms with Gasteiger partial charge < -0.3 is 9.90 Å². The lowest BCUT2D eigenvalue weighted by Gasteiger charge is -2.23. The van der Waals surface area contributed by atoms with Gasteiger partial charge in [-0.2, -0.15) is 0 Å². The first-order chi connectivity index (χ1) is 9.61. The van der Waals surface area contributed by atoms with Crippen LogP contribution in [0.25, 0.3) is 16.7 Å². The minimum absolute atomic E-state index is 0.0306. The van der Waals surface area contributed by atoms with Gasteiger partial charge in [0.1, 0.15) is 0 Å². The Morgan fingerprint density at radius 2 is 1.30 bits per heavy atom. The fourth-order valence-electron chi connectivity index (χ4n) is 2.58. The molecule has 3 heteroatoms. The number of carboxylic acids is 1. The Balaban J connectivity index is 2.41. The van der Waals surface area contributed by atoms with Gasteiger partial charge in [0.2, 0.25) is 0 Å². The zero-order valence-corrected chi connectivity index (χ0v) is 10.8. The van der Waals surface area contributed by atoms with Crippen molar-refractivity contribution in [1.29, 1.82) is 0 Å². The highest BCUT2D eigenvalue weighted by molar-refractivity contribution is 6.37. The zero-order chi connectivity index (χ0) is 14.3. The third-order valence-corrected chi connectivity index (χ3v) is 3.57. The van der Waals surface area contributed by atoms with Crippen LogP contribution in [0, 0.1) is 0 Å². The molecule has 0 heterocycles. The highest BCUT2D eigenvalue weighted by atomic mass is 16.4. The summed E-state index contributed by atoms with van der Waals surface area (Å²) in [6.07, 6.45) is 0. The molecule has 0 bridgehead atoms. The van der Waals surface area contributed by atoms with Crippen molar-refractivity contribution in [3.05, 3.63) is 65.2 Å². The summed E-state index contributed by atoms with van der Waals surface area (Å²) in [6, 6.07) is 14.6. The number of allylic oxidation sites excluding steroid dienone is 1. The number of carboxylic acid groups (broad SMARTS) is 1. The number of rotatable bonds is 1. The van der Waals surface area contributed by atoms with Gasteiger partial charge in [0.05, 0.1) is 5.97 Å². The second-order valence-electron chi connectivity index (χ2n) is 4.71. The number of Topliss-reactive ketones (excluding diaryl/α,β-unsaturated/α-hetero) is 1. The predicted octanol–water partition coefficient (Wildman–Crippen LogP) is 2.07. The molecule has 0 saturated carbocycles. The van der Waals surface area contributed by atoms with Crippen LogP contribution in [-0.2, 0) is 4.79 Å². The van der Waals surface area contributed by atoms with Crippen LogP contribution in [0.1, 0.15) is 22.8 Å². The summed E-state index contributed by atoms with van der Waals surface area (Å²) < 4.78 is 0. The Morgan fingerprint density at radius 3 is 1.85 bits per heavy atom. The standard InChI is InChI=1S/C17H12O3/c1-10(17(19)20)15-13-8-4-2-6-11(13)12-7-3-5-9-14(12)16(15)18/h2-9H,1H3,(H,19,20)/p-1. The molecular formula is C17H11O3-. The van der Waals surface area contributed by atoms with Gasteiger partial charge in [-0.25, -0.2) is 0 Å². The van der Waals surface area contributed by atoms with Crippen molar-refractivity contribution in [1.82, 2.24) is 0 Å². The van der Waals surface area contributed by atoms with Crippen LogP contribution in [0.5, 0.6) is 0 Å². The molecule has 0 unspecified atom stereocenters. The minimum atomic E-state index is -1.32. The summed E-state index contributed by atoms with van der Waals surface area (Å²) in [4.78, 5) is 23.7. The van der Waals surface area contributed by atoms with Gasteiger partial charge in [0.25, 0.3) is 0 Å². The third kappa shape index (κ3) is 1.67. The molecule has 0 aromatic heterocycles. The SMILES string of the molecule is CC(C(=O)[O-])=C1C(=O)c2ccccc2-c2ccccc21. The molecule has 20 heavy (non-hydrogen) atoms. The van der Waals surface area contributed by atoms with Crippen LogP contribution >= 0.6 is 0 Å². The van der Waals surface area contributed by atoms with E-state index >= 15 is 0 Å². The first-order valence-electron chi connectivity index (χ1n) is 6.27. The van der Waals surface area contributed by atoms with E-state index in [1.807, 2.05) is 24.3 Å². The van der Waals surface area contributed by atoms with E-state index in [1.165, 1.54) is 6.92 Å². The fourth-order valence-corrected chi connectivity index (χ4v) is 2.58. The Labute approximate surface area is 116 Å². The molecular weight excluding hydrogens is 252 g/mol. The second-order valence-corrected chi connectivity index (χ2v) is 4.71. The van der Waals surface area contributed by atoms with Crippen molar-refractivity contribution in [2.24, 2.45) is 0 Å². The largest absolute Gasteiger partial charge is 0.545 e. The summed E-state index contributed by atoms with van der Waals surface area (Å²) in [5.41, 5.74) is 3.08. The van der Waals surface area contributed by atoms with Gasteiger partial charge >= 0.3 is 0 Å². The zero-order valence-electron chi connectivity index (χ0n) is 10.8. The molecule has 0 radical (unpaired) electrons. The van der Waals surface area contributed by atoms with Crippen molar-refractivity contribution in [3.63, 3.8) is 0 Å². The van der Waals surface area contributed by atoms with Crippen LogP contribution < -0.4 is 5.11 Å². The van der Waals surface area contributed by atoms with Crippen LogP contribution in [0.2, 0.25) is 0 Å². The smallest absolute Gasteiger partial charge is 0.194 e. The van der Waals surface area contributed by atoms with Gasteiger partial charge in [-0.15, -0.1) is 0 Å². The van der Waals surface area contributed by atoms with E-state index in [-0.39, 0.29) is 16.9 Å². The Morgan fingerprint density at radius 1 is 0.850 bits per heavy atom. The predicted molar refractivity (Wildman–Crippen MR) is 73.8 cm³/mol. The molecule has 3 rings (SSSR count). The quantitative estimate of drug-likeness (QED) is 0.740. The average Bonchev–Trinajstić information content (AvgIpc) is 2.47. The Bertz CT molecular complexity index is 769. The third-order valence-electron chi connectivity index (χ3n) is 3.57. The molecule has 0 spiro atoms. The summed E-state index contributed by atoms with van der Waals surface area (Å²) in [5.74, 6) is -1.58. The second kappa shape index (κ2) is 4.46. The van der Waals surface area contributed by atoms with Crippen LogP contribution in [0.3, 0.4) is 0 Å². The number of carbonyl (C=O) groups excluding carboxylic acids is 2. The van der Waals surface area contributed by atoms with E-state index in [4.69, 9.17) is 0 Å². The summed E-state index contributed by atoms with van der Waals surface area (Å²) in [5, 5.41) is 11.1. The van der Waals surface area contributed by atoms with Crippen molar-refractivity contribution in [2.45, 2.75) is 6.92 Å². The van der Waals surface area contributed by atoms with Gasteiger partial charge in [-0.1, -0.05) is 48.5 Å². The lowest BCUT2D eigenvalue weighted by Crippen LogP contribution is -2.26. The van der Waals surface area contributed by atoms with E-state index < -0.39 is 5.97 Å². The monoisotopic (exact) mass is 263 g/mol. The van der Waals surface area contributed by atoms with Gasteiger partial charge in [0, 0.05) is 11.1 Å². The molecule has 0 aliphatic heterocycles. The molecule has 2 aromatic rings. The maximum atomic E-state index is 12.6. The highest BCUT2D eigenvalue weighted by Crippen LogP contribution is 2.39. The molecule has 1 aliphatic carbocycles. The topological polar surface area (TPSA) is 57.2 Å². The summed E-state index contributed by atoms with van der Waals surface area (Å²) in [7, 11) is 0. The fraction of sp³-hybridized carbons (Fsp3) is 0.0588. The van der Waals surface area contributed by atoms with E-state index in [0.717, 1.165) is 11.1 Å². The number of hydrogen-bond donors (Lipinski definition) is 0. The number of benzene rings is 2. The normalized spacial score (nSPS) is 15.3. The average molecular weight is 263 g/mol. The number of ketones is 1. The van der Waals surface area contributed by atoms with Crippen LogP contribution in [-0.4, -0.2) is 11.8 Å². The van der Waals surface area contributed by atoms with Crippen molar-refractivity contribution >= 4 is 17.3 Å². The van der Waals surface area contributed by atoms with Crippen molar-refractivity contribution in [2.75, 3.05) is 0 Å². The molecule has 0 amide bonds. The summed E-state index contributed by atoms with van der Waals surface area (Å²) in [6.45, 7) is 1.41. The maximum absolute atomic E-state index is 12.6. The minimum Gasteiger partial charge on any atom is -0.545 e. The van der Waals surface area contributed by atoms with E-state index in [2.05, 4.69) is 0 Å². The maximum Gasteiger partial charge on any atom is 0.194 e. The molecule has 0 fully saturated rings. The first-order valence-corrected chi connectivity index (χ1v) is 6.27. The Hall–Kier alpha value is -2.68. The molecule has 2 aromatic carbocycles. The molecule has 0 saturated heterocycles. The van der Waals surface area contributed by atoms with Gasteiger partial charge in [0.15, 0.2) is 5.78 Å². The lowest BCUT2D eigenvalue weighted by atomic mass is 9.80. The van der Waals surface area contributed by atoms with Gasteiger partial charge in [-0.3, -0.25) is 4.79 Å². The Kier molecular flexibility index (Phi) is 2.75. The van der Waals surface area contributed by atoms with E-state index in [0.29, 0.717) is 11.1 Å². The van der Waals surface area contributed by atoms with Crippen LogP contribution in [0.15, 0.2) is 54.1 Å². The van der Waals surface area contributed by atoms with Crippen molar-refractivity contribution < 1.29 is 14.7 Å². The number of fused-ring (bicyclic) bond motifs is 3. The molecule has 0 atom stereocenters. The molecule has 3 nitrogen and oxygen atoms in total. The van der Waals surface area contributed by atoms with Gasteiger partial charge in [-0.05, 0) is 29.2 Å².